The second kappa shape index (κ2) is 6.85. The summed E-state index contributed by atoms with van der Waals surface area (Å²) in [7, 11) is 2.01. The molecule has 2 heterocycles. The van der Waals surface area contributed by atoms with Gasteiger partial charge in [-0.3, -0.25) is 0 Å². The minimum absolute atomic E-state index is 0.537. The molecule has 0 spiro atoms. The molecule has 1 fully saturated rings. The largest absolute Gasteiger partial charge is 0.337 e. The van der Waals surface area contributed by atoms with Crippen LogP contribution in [-0.4, -0.2) is 36.1 Å². The number of piperidine rings is 1. The van der Waals surface area contributed by atoms with Gasteiger partial charge in [0.2, 0.25) is 5.95 Å². The first-order valence-corrected chi connectivity index (χ1v) is 7.43. The van der Waals surface area contributed by atoms with Crippen LogP contribution in [0.2, 0.25) is 0 Å². The molecule has 1 saturated heterocycles. The van der Waals surface area contributed by atoms with Crippen LogP contribution in [0, 0.1) is 5.92 Å². The molecule has 1 aromatic rings. The second-order valence-electron chi connectivity index (χ2n) is 5.89. The molecule has 0 saturated carbocycles. The number of aromatic nitrogens is 2. The number of hydrogen-bond donors (Lipinski definition) is 1. The molecule has 2 rings (SSSR count). The Bertz CT molecular complexity index is 372. The van der Waals surface area contributed by atoms with Crippen molar-refractivity contribution in [3.8, 4) is 0 Å². The van der Waals surface area contributed by atoms with Crippen molar-refractivity contribution in [2.75, 3.05) is 25.0 Å². The SMILES string of the molecule is CNCC1CCCCN1c1ncc(CC(C)C)cn1. The predicted octanol–water partition coefficient (Wildman–Crippen LogP) is 2.25. The third kappa shape index (κ3) is 3.90. The third-order valence-electron chi connectivity index (χ3n) is 3.66. The zero-order valence-electron chi connectivity index (χ0n) is 12.4. The molecular formula is C15H26N4. The molecular weight excluding hydrogens is 236 g/mol. The van der Waals surface area contributed by atoms with E-state index in [1.165, 1.54) is 24.8 Å². The molecule has 1 aliphatic heterocycles. The lowest BCUT2D eigenvalue weighted by Gasteiger charge is -2.35. The summed E-state index contributed by atoms with van der Waals surface area (Å²) < 4.78 is 0. The fourth-order valence-corrected chi connectivity index (χ4v) is 2.78. The van der Waals surface area contributed by atoms with Crippen molar-refractivity contribution in [1.29, 1.82) is 0 Å². The Morgan fingerprint density at radius 2 is 2.05 bits per heavy atom. The van der Waals surface area contributed by atoms with Gasteiger partial charge in [-0.2, -0.15) is 0 Å². The van der Waals surface area contributed by atoms with Crippen molar-refractivity contribution in [2.24, 2.45) is 5.92 Å². The Morgan fingerprint density at radius 1 is 1.32 bits per heavy atom. The lowest BCUT2D eigenvalue weighted by Crippen LogP contribution is -2.45. The first-order valence-electron chi connectivity index (χ1n) is 7.43. The molecule has 0 amide bonds. The van der Waals surface area contributed by atoms with E-state index in [0.717, 1.165) is 25.5 Å². The summed E-state index contributed by atoms with van der Waals surface area (Å²) >= 11 is 0. The van der Waals surface area contributed by atoms with Crippen LogP contribution in [0.4, 0.5) is 5.95 Å². The fraction of sp³-hybridized carbons (Fsp3) is 0.733. The average Bonchev–Trinajstić information content (AvgIpc) is 2.40. The predicted molar refractivity (Wildman–Crippen MR) is 79.5 cm³/mol. The normalized spacial score (nSPS) is 20.0. The number of nitrogens with zero attached hydrogens (tertiary/aromatic N) is 3. The van der Waals surface area contributed by atoms with Crippen molar-refractivity contribution < 1.29 is 0 Å². The fourth-order valence-electron chi connectivity index (χ4n) is 2.78. The number of likely N-dealkylation sites (N-methyl/N-ethyl adjacent to an activating group) is 1. The number of hydrogen-bond acceptors (Lipinski definition) is 4. The summed E-state index contributed by atoms with van der Waals surface area (Å²) in [6, 6.07) is 0.537. The highest BCUT2D eigenvalue weighted by atomic mass is 15.3. The molecule has 0 bridgehead atoms. The van der Waals surface area contributed by atoms with Crippen molar-refractivity contribution in [3.05, 3.63) is 18.0 Å². The molecule has 19 heavy (non-hydrogen) atoms. The van der Waals surface area contributed by atoms with Gasteiger partial charge in [0.05, 0.1) is 0 Å². The smallest absolute Gasteiger partial charge is 0.225 e. The summed E-state index contributed by atoms with van der Waals surface area (Å²) in [5.41, 5.74) is 1.24. The summed E-state index contributed by atoms with van der Waals surface area (Å²) in [6.45, 7) is 6.54. The van der Waals surface area contributed by atoms with Gasteiger partial charge in [0.1, 0.15) is 0 Å². The van der Waals surface area contributed by atoms with E-state index in [4.69, 9.17) is 0 Å². The summed E-state index contributed by atoms with van der Waals surface area (Å²) in [6.07, 6.45) is 8.84. The molecule has 1 atom stereocenters. The molecule has 4 nitrogen and oxygen atoms in total. The lowest BCUT2D eigenvalue weighted by molar-refractivity contribution is 0.440. The van der Waals surface area contributed by atoms with Gasteiger partial charge in [0, 0.05) is 31.5 Å². The van der Waals surface area contributed by atoms with Gasteiger partial charge in [-0.05, 0) is 44.2 Å². The quantitative estimate of drug-likeness (QED) is 0.883. The summed E-state index contributed by atoms with van der Waals surface area (Å²) in [4.78, 5) is 11.5. The van der Waals surface area contributed by atoms with E-state index < -0.39 is 0 Å². The summed E-state index contributed by atoms with van der Waals surface area (Å²) in [5, 5.41) is 3.28. The Kier molecular flexibility index (Phi) is 5.14. The Morgan fingerprint density at radius 3 is 2.68 bits per heavy atom. The van der Waals surface area contributed by atoms with Gasteiger partial charge < -0.3 is 10.2 Å². The van der Waals surface area contributed by atoms with Crippen LogP contribution in [0.15, 0.2) is 12.4 Å². The van der Waals surface area contributed by atoms with Crippen molar-refractivity contribution >= 4 is 5.95 Å². The van der Waals surface area contributed by atoms with Gasteiger partial charge >= 0.3 is 0 Å². The van der Waals surface area contributed by atoms with E-state index in [1.54, 1.807) is 0 Å². The van der Waals surface area contributed by atoms with Crippen molar-refractivity contribution in [2.45, 2.75) is 45.6 Å². The van der Waals surface area contributed by atoms with Crippen molar-refractivity contribution in [3.63, 3.8) is 0 Å². The molecule has 1 aromatic heterocycles. The van der Waals surface area contributed by atoms with Crippen molar-refractivity contribution in [1.82, 2.24) is 15.3 Å². The highest BCUT2D eigenvalue weighted by Gasteiger charge is 2.23. The number of anilines is 1. The molecule has 0 aromatic carbocycles. The van der Waals surface area contributed by atoms with Crippen LogP contribution in [-0.2, 0) is 6.42 Å². The molecule has 0 aliphatic carbocycles. The van der Waals surface area contributed by atoms with E-state index in [0.29, 0.717) is 12.0 Å². The van der Waals surface area contributed by atoms with Crippen LogP contribution in [0.3, 0.4) is 0 Å². The maximum absolute atomic E-state index is 4.57. The van der Waals surface area contributed by atoms with E-state index in [1.807, 2.05) is 19.4 Å². The molecule has 1 aliphatic rings. The first-order chi connectivity index (χ1) is 9.20. The number of rotatable bonds is 5. The first kappa shape index (κ1) is 14.3. The third-order valence-corrected chi connectivity index (χ3v) is 3.66. The van der Waals surface area contributed by atoms with Gasteiger partial charge in [-0.1, -0.05) is 13.8 Å². The van der Waals surface area contributed by atoms with Crippen LogP contribution in [0.1, 0.15) is 38.7 Å². The molecule has 1 unspecified atom stereocenters. The van der Waals surface area contributed by atoms with E-state index in [-0.39, 0.29) is 0 Å². The minimum Gasteiger partial charge on any atom is -0.337 e. The highest BCUT2D eigenvalue weighted by Crippen LogP contribution is 2.21. The maximum atomic E-state index is 4.57. The Balaban J connectivity index is 2.06. The van der Waals surface area contributed by atoms with Crippen LogP contribution < -0.4 is 10.2 Å². The van der Waals surface area contributed by atoms with Crippen LogP contribution in [0.25, 0.3) is 0 Å². The Hall–Kier alpha value is -1.16. The molecule has 106 valence electrons. The second-order valence-corrected chi connectivity index (χ2v) is 5.89. The average molecular weight is 262 g/mol. The summed E-state index contributed by atoms with van der Waals surface area (Å²) in [5.74, 6) is 1.55. The standard InChI is InChI=1S/C15H26N4/c1-12(2)8-13-9-17-15(18-10-13)19-7-5-4-6-14(19)11-16-3/h9-10,12,14,16H,4-8,11H2,1-3H3. The zero-order valence-corrected chi connectivity index (χ0v) is 12.4. The monoisotopic (exact) mass is 262 g/mol. The van der Waals surface area contributed by atoms with Gasteiger partial charge in [0.25, 0.3) is 0 Å². The van der Waals surface area contributed by atoms with Gasteiger partial charge in [0.15, 0.2) is 0 Å². The minimum atomic E-state index is 0.537. The maximum Gasteiger partial charge on any atom is 0.225 e. The van der Waals surface area contributed by atoms with Gasteiger partial charge in [-0.15, -0.1) is 0 Å². The van der Waals surface area contributed by atoms with E-state index >= 15 is 0 Å². The van der Waals surface area contributed by atoms with Gasteiger partial charge in [-0.25, -0.2) is 9.97 Å². The lowest BCUT2D eigenvalue weighted by atomic mass is 10.0. The van der Waals surface area contributed by atoms with Crippen LogP contribution in [0.5, 0.6) is 0 Å². The van der Waals surface area contributed by atoms with Crippen LogP contribution >= 0.6 is 0 Å². The molecule has 1 N–H and O–H groups in total. The molecule has 4 heteroatoms. The zero-order chi connectivity index (χ0) is 13.7. The highest BCUT2D eigenvalue weighted by molar-refractivity contribution is 5.32. The van der Waals surface area contributed by atoms with E-state index in [9.17, 15) is 0 Å². The molecule has 0 radical (unpaired) electrons. The number of nitrogens with one attached hydrogen (secondary N) is 1. The topological polar surface area (TPSA) is 41.0 Å². The van der Waals surface area contributed by atoms with E-state index in [2.05, 4.69) is 34.0 Å². The Labute approximate surface area is 116 Å².